The van der Waals surface area contributed by atoms with Crippen LogP contribution in [0.2, 0.25) is 0 Å². The van der Waals surface area contributed by atoms with Gasteiger partial charge in [-0.25, -0.2) is 8.42 Å². The second kappa shape index (κ2) is 5.25. The summed E-state index contributed by atoms with van der Waals surface area (Å²) in [6.07, 6.45) is 0.977. The summed E-state index contributed by atoms with van der Waals surface area (Å²) in [6.45, 7) is 4.94. The highest BCUT2D eigenvalue weighted by atomic mass is 32.2. The third kappa shape index (κ3) is 6.22. The maximum Gasteiger partial charge on any atom is 0.235 e. The van der Waals surface area contributed by atoms with Gasteiger partial charge in [-0.1, -0.05) is 13.8 Å². The van der Waals surface area contributed by atoms with Gasteiger partial charge in [0.15, 0.2) is 15.6 Å². The predicted molar refractivity (Wildman–Crippen MR) is 57.2 cm³/mol. The van der Waals surface area contributed by atoms with Crippen LogP contribution >= 0.6 is 0 Å². The molecule has 0 aromatic heterocycles. The number of Topliss-reactive ketones (excluding diaryl/α,β-unsaturated/α-hetero) is 1. The Hall–Kier alpha value is -0.910. The zero-order valence-electron chi connectivity index (χ0n) is 9.40. The summed E-state index contributed by atoms with van der Waals surface area (Å²) in [5.41, 5.74) is 0. The van der Waals surface area contributed by atoms with Gasteiger partial charge in [-0.15, -0.1) is 0 Å². The molecule has 0 aliphatic carbocycles. The summed E-state index contributed by atoms with van der Waals surface area (Å²) < 4.78 is 21.6. The van der Waals surface area contributed by atoms with Crippen molar-refractivity contribution in [3.8, 4) is 0 Å². The van der Waals surface area contributed by atoms with Gasteiger partial charge in [-0.05, 0) is 12.8 Å². The summed E-state index contributed by atoms with van der Waals surface area (Å²) >= 11 is 0. The standard InChI is InChI=1S/C9H17NO4S/c1-6(2)9(7(3)11)10-8(12)5-15(4,13)14/h6,9H,5H2,1-4H3,(H,10,12). The van der Waals surface area contributed by atoms with E-state index in [0.717, 1.165) is 6.26 Å². The lowest BCUT2D eigenvalue weighted by molar-refractivity contribution is -0.126. The van der Waals surface area contributed by atoms with E-state index in [2.05, 4.69) is 5.32 Å². The normalized spacial score (nSPS) is 13.7. The van der Waals surface area contributed by atoms with E-state index < -0.39 is 27.5 Å². The Morgan fingerprint density at radius 2 is 1.73 bits per heavy atom. The summed E-state index contributed by atoms with van der Waals surface area (Å²) in [4.78, 5) is 22.4. The first-order valence-corrected chi connectivity index (χ1v) is 6.67. The second-order valence-corrected chi connectivity index (χ2v) is 6.11. The van der Waals surface area contributed by atoms with Crippen LogP contribution in [-0.2, 0) is 19.4 Å². The summed E-state index contributed by atoms with van der Waals surface area (Å²) in [5.74, 6) is -1.44. The molecule has 15 heavy (non-hydrogen) atoms. The summed E-state index contributed by atoms with van der Waals surface area (Å²) in [7, 11) is -3.34. The summed E-state index contributed by atoms with van der Waals surface area (Å²) in [5, 5.41) is 2.40. The minimum atomic E-state index is -3.34. The molecule has 6 heteroatoms. The Morgan fingerprint density at radius 3 is 2.00 bits per heavy atom. The van der Waals surface area contributed by atoms with Crippen molar-refractivity contribution in [2.24, 2.45) is 5.92 Å². The molecule has 0 bridgehead atoms. The highest BCUT2D eigenvalue weighted by Crippen LogP contribution is 2.02. The predicted octanol–water partition coefficient (Wildman–Crippen LogP) is -0.239. The van der Waals surface area contributed by atoms with Crippen LogP contribution in [0.4, 0.5) is 0 Å². The number of amides is 1. The molecular formula is C9H17NO4S. The van der Waals surface area contributed by atoms with Crippen LogP contribution in [0, 0.1) is 5.92 Å². The van der Waals surface area contributed by atoms with Gasteiger partial charge < -0.3 is 5.32 Å². The molecule has 88 valence electrons. The first kappa shape index (κ1) is 14.1. The average molecular weight is 235 g/mol. The van der Waals surface area contributed by atoms with E-state index in [4.69, 9.17) is 0 Å². The van der Waals surface area contributed by atoms with Gasteiger partial charge in [0.2, 0.25) is 5.91 Å². The van der Waals surface area contributed by atoms with Crippen LogP contribution in [0.15, 0.2) is 0 Å². The second-order valence-electron chi connectivity index (χ2n) is 3.97. The molecule has 0 spiro atoms. The fourth-order valence-electron chi connectivity index (χ4n) is 1.19. The highest BCUT2D eigenvalue weighted by Gasteiger charge is 2.22. The van der Waals surface area contributed by atoms with Gasteiger partial charge in [0.05, 0.1) is 6.04 Å². The molecule has 0 heterocycles. The fourth-order valence-corrected chi connectivity index (χ4v) is 1.75. The molecule has 1 atom stereocenters. The average Bonchev–Trinajstić information content (AvgIpc) is 1.95. The number of carbonyl (C=O) groups is 2. The SMILES string of the molecule is CC(=O)C(NC(=O)CS(C)(=O)=O)C(C)C. The largest absolute Gasteiger partial charge is 0.345 e. The maximum absolute atomic E-state index is 11.2. The molecule has 0 aromatic rings. The number of nitrogens with one attached hydrogen (secondary N) is 1. The first-order chi connectivity index (χ1) is 6.63. The molecule has 1 N–H and O–H groups in total. The van der Waals surface area contributed by atoms with E-state index in [1.54, 1.807) is 13.8 Å². The highest BCUT2D eigenvalue weighted by molar-refractivity contribution is 7.91. The Labute approximate surface area is 90.2 Å². The number of hydrogen-bond acceptors (Lipinski definition) is 4. The van der Waals surface area contributed by atoms with Crippen LogP contribution in [0.25, 0.3) is 0 Å². The van der Waals surface area contributed by atoms with Gasteiger partial charge in [0.25, 0.3) is 0 Å². The van der Waals surface area contributed by atoms with Crippen LogP contribution in [0.1, 0.15) is 20.8 Å². The van der Waals surface area contributed by atoms with E-state index in [-0.39, 0.29) is 11.7 Å². The Balaban J connectivity index is 4.44. The van der Waals surface area contributed by atoms with Crippen LogP contribution < -0.4 is 5.32 Å². The molecule has 0 saturated carbocycles. The zero-order chi connectivity index (χ0) is 12.2. The lowest BCUT2D eigenvalue weighted by Crippen LogP contribution is -2.45. The van der Waals surface area contributed by atoms with E-state index in [1.807, 2.05) is 0 Å². The minimum absolute atomic E-state index is 0.0500. The smallest absolute Gasteiger partial charge is 0.235 e. The fraction of sp³-hybridized carbons (Fsp3) is 0.778. The number of carbonyl (C=O) groups excluding carboxylic acids is 2. The van der Waals surface area contributed by atoms with Crippen molar-refractivity contribution < 1.29 is 18.0 Å². The van der Waals surface area contributed by atoms with Gasteiger partial charge >= 0.3 is 0 Å². The van der Waals surface area contributed by atoms with Crippen molar-refractivity contribution >= 4 is 21.5 Å². The van der Waals surface area contributed by atoms with Crippen molar-refractivity contribution in [1.82, 2.24) is 5.32 Å². The molecule has 1 unspecified atom stereocenters. The number of sulfone groups is 1. The molecule has 0 aliphatic rings. The Kier molecular flexibility index (Phi) is 4.93. The number of ketones is 1. The summed E-state index contributed by atoms with van der Waals surface area (Å²) in [6, 6.07) is -0.612. The third-order valence-corrected chi connectivity index (χ3v) is 2.60. The van der Waals surface area contributed by atoms with Crippen molar-refractivity contribution in [2.45, 2.75) is 26.8 Å². The third-order valence-electron chi connectivity index (χ3n) is 1.81. The minimum Gasteiger partial charge on any atom is -0.345 e. The van der Waals surface area contributed by atoms with Gasteiger partial charge in [0, 0.05) is 6.26 Å². The van der Waals surface area contributed by atoms with Gasteiger partial charge in [-0.3, -0.25) is 9.59 Å². The van der Waals surface area contributed by atoms with Crippen LogP contribution in [0.3, 0.4) is 0 Å². The molecule has 0 aliphatic heterocycles. The van der Waals surface area contributed by atoms with E-state index in [0.29, 0.717) is 0 Å². The zero-order valence-corrected chi connectivity index (χ0v) is 10.2. The maximum atomic E-state index is 11.2. The monoisotopic (exact) mass is 235 g/mol. The molecular weight excluding hydrogens is 218 g/mol. The van der Waals surface area contributed by atoms with Gasteiger partial charge in [-0.2, -0.15) is 0 Å². The van der Waals surface area contributed by atoms with Crippen molar-refractivity contribution in [3.63, 3.8) is 0 Å². The molecule has 1 amide bonds. The molecule has 0 saturated heterocycles. The molecule has 0 radical (unpaired) electrons. The number of rotatable bonds is 5. The lowest BCUT2D eigenvalue weighted by Gasteiger charge is -2.19. The van der Waals surface area contributed by atoms with Gasteiger partial charge in [0.1, 0.15) is 5.75 Å². The quantitative estimate of drug-likeness (QED) is 0.713. The number of hydrogen-bond donors (Lipinski definition) is 1. The first-order valence-electron chi connectivity index (χ1n) is 4.61. The topological polar surface area (TPSA) is 80.3 Å². The van der Waals surface area contributed by atoms with E-state index in [9.17, 15) is 18.0 Å². The van der Waals surface area contributed by atoms with Crippen molar-refractivity contribution in [3.05, 3.63) is 0 Å². The van der Waals surface area contributed by atoms with Crippen molar-refractivity contribution in [2.75, 3.05) is 12.0 Å². The molecule has 5 nitrogen and oxygen atoms in total. The van der Waals surface area contributed by atoms with E-state index >= 15 is 0 Å². The van der Waals surface area contributed by atoms with E-state index in [1.165, 1.54) is 6.92 Å². The molecule has 0 aromatic carbocycles. The molecule has 0 fully saturated rings. The van der Waals surface area contributed by atoms with Crippen LogP contribution in [0.5, 0.6) is 0 Å². The molecule has 0 rings (SSSR count). The lowest BCUT2D eigenvalue weighted by atomic mass is 10.0. The van der Waals surface area contributed by atoms with Crippen LogP contribution in [-0.4, -0.2) is 38.2 Å². The Bertz CT molecular complexity index is 345. The Morgan fingerprint density at radius 1 is 1.27 bits per heavy atom. The van der Waals surface area contributed by atoms with Crippen molar-refractivity contribution in [1.29, 1.82) is 0 Å².